The number of carbonyl (C=O) groups is 2. The van der Waals surface area contributed by atoms with Crippen molar-refractivity contribution in [3.63, 3.8) is 0 Å². The van der Waals surface area contributed by atoms with Crippen molar-refractivity contribution in [3.05, 3.63) is 130 Å². The second kappa shape index (κ2) is 8.30. The minimum Gasteiger partial charge on any atom is -0.289 e. The van der Waals surface area contributed by atoms with Gasteiger partial charge in [-0.3, -0.25) is 9.59 Å². The normalized spacial score (nSPS) is 10.6. The molecular formula is C28H22O2. The van der Waals surface area contributed by atoms with Crippen molar-refractivity contribution in [3.8, 4) is 11.1 Å². The fourth-order valence-electron chi connectivity index (χ4n) is 3.75. The van der Waals surface area contributed by atoms with Crippen LogP contribution in [-0.2, 0) is 0 Å². The number of rotatable bonds is 5. The van der Waals surface area contributed by atoms with Crippen LogP contribution < -0.4 is 0 Å². The number of ketones is 2. The molecule has 0 heterocycles. The van der Waals surface area contributed by atoms with Gasteiger partial charge in [0.25, 0.3) is 0 Å². The molecule has 0 unspecified atom stereocenters. The molecule has 4 aromatic rings. The summed E-state index contributed by atoms with van der Waals surface area (Å²) in [6.45, 7) is 3.91. The molecule has 0 radical (unpaired) electrons. The van der Waals surface area contributed by atoms with E-state index in [9.17, 15) is 9.59 Å². The van der Waals surface area contributed by atoms with Gasteiger partial charge in [0.1, 0.15) is 0 Å². The Hall–Kier alpha value is -3.78. The topological polar surface area (TPSA) is 34.1 Å². The monoisotopic (exact) mass is 390 g/mol. The van der Waals surface area contributed by atoms with Crippen LogP contribution in [0.5, 0.6) is 0 Å². The zero-order valence-electron chi connectivity index (χ0n) is 17.1. The van der Waals surface area contributed by atoms with Gasteiger partial charge in [-0.15, -0.1) is 0 Å². The van der Waals surface area contributed by atoms with E-state index >= 15 is 0 Å². The Kier molecular flexibility index (Phi) is 5.40. The molecule has 4 aromatic carbocycles. The highest BCUT2D eigenvalue weighted by molar-refractivity contribution is 6.23. The van der Waals surface area contributed by atoms with Crippen molar-refractivity contribution in [1.29, 1.82) is 0 Å². The summed E-state index contributed by atoms with van der Waals surface area (Å²) >= 11 is 0. The molecule has 0 amide bonds. The number of carbonyl (C=O) groups excluding carboxylic acids is 2. The molecule has 2 nitrogen and oxygen atoms in total. The van der Waals surface area contributed by atoms with E-state index in [0.717, 1.165) is 22.3 Å². The minimum atomic E-state index is -0.142. The third kappa shape index (κ3) is 3.60. The van der Waals surface area contributed by atoms with Crippen molar-refractivity contribution in [2.24, 2.45) is 0 Å². The third-order valence-electron chi connectivity index (χ3n) is 5.46. The Balaban J connectivity index is 2.04. The maximum atomic E-state index is 13.7. The first-order chi connectivity index (χ1) is 14.6. The highest BCUT2D eigenvalue weighted by Crippen LogP contribution is 2.34. The summed E-state index contributed by atoms with van der Waals surface area (Å²) in [6, 6.07) is 30.1. The van der Waals surface area contributed by atoms with Gasteiger partial charge in [-0.2, -0.15) is 0 Å². The Bertz CT molecular complexity index is 1210. The van der Waals surface area contributed by atoms with Gasteiger partial charge in [0.05, 0.1) is 0 Å². The smallest absolute Gasteiger partial charge is 0.194 e. The summed E-state index contributed by atoms with van der Waals surface area (Å²) in [5.41, 5.74) is 5.61. The van der Waals surface area contributed by atoms with Crippen molar-refractivity contribution >= 4 is 11.6 Å². The lowest BCUT2D eigenvalue weighted by atomic mass is 9.83. The molecule has 4 rings (SSSR count). The maximum Gasteiger partial charge on any atom is 0.194 e. The zero-order chi connectivity index (χ0) is 21.1. The molecule has 0 N–H and O–H groups in total. The Morgan fingerprint density at radius 1 is 0.567 bits per heavy atom. The van der Waals surface area contributed by atoms with Crippen LogP contribution in [0.3, 0.4) is 0 Å². The summed E-state index contributed by atoms with van der Waals surface area (Å²) in [6.07, 6.45) is 0. The number of hydrogen-bond donors (Lipinski definition) is 0. The van der Waals surface area contributed by atoms with Gasteiger partial charge in [-0.25, -0.2) is 0 Å². The van der Waals surface area contributed by atoms with Crippen molar-refractivity contribution in [2.45, 2.75) is 13.8 Å². The van der Waals surface area contributed by atoms with E-state index in [1.807, 2.05) is 86.6 Å². The fraction of sp³-hybridized carbons (Fsp3) is 0.0714. The lowest BCUT2D eigenvalue weighted by molar-refractivity contribution is 0.100. The Morgan fingerprint density at radius 2 is 1.00 bits per heavy atom. The largest absolute Gasteiger partial charge is 0.289 e. The molecule has 0 fully saturated rings. The second-order valence-electron chi connectivity index (χ2n) is 7.37. The molecule has 0 aromatic heterocycles. The molecule has 0 aliphatic carbocycles. The first-order valence-electron chi connectivity index (χ1n) is 9.97. The highest BCUT2D eigenvalue weighted by Gasteiger charge is 2.26. The van der Waals surface area contributed by atoms with Crippen LogP contribution in [0.15, 0.2) is 97.1 Å². The lowest BCUT2D eigenvalue weighted by Gasteiger charge is -2.19. The molecule has 30 heavy (non-hydrogen) atoms. The molecule has 0 spiro atoms. The summed E-state index contributed by atoms with van der Waals surface area (Å²) < 4.78 is 0. The predicted molar refractivity (Wildman–Crippen MR) is 121 cm³/mol. The van der Waals surface area contributed by atoms with Crippen LogP contribution in [0, 0.1) is 13.8 Å². The molecule has 0 atom stereocenters. The van der Waals surface area contributed by atoms with E-state index < -0.39 is 0 Å². The van der Waals surface area contributed by atoms with Gasteiger partial charge < -0.3 is 0 Å². The average molecular weight is 390 g/mol. The molecule has 2 heteroatoms. The average Bonchev–Trinajstić information content (AvgIpc) is 2.81. The van der Waals surface area contributed by atoms with E-state index in [4.69, 9.17) is 0 Å². The molecule has 0 saturated heterocycles. The summed E-state index contributed by atoms with van der Waals surface area (Å²) in [5.74, 6) is -0.273. The molecule has 146 valence electrons. The van der Waals surface area contributed by atoms with Crippen molar-refractivity contribution in [2.75, 3.05) is 0 Å². The quantitative estimate of drug-likeness (QED) is 0.368. The third-order valence-corrected chi connectivity index (χ3v) is 5.46. The summed E-state index contributed by atoms with van der Waals surface area (Å²) in [4.78, 5) is 27.3. The van der Waals surface area contributed by atoms with Gasteiger partial charge in [-0.1, -0.05) is 97.1 Å². The molecule has 0 aliphatic heterocycles. The molecular weight excluding hydrogens is 368 g/mol. The number of hydrogen-bond acceptors (Lipinski definition) is 2. The lowest BCUT2D eigenvalue weighted by Crippen LogP contribution is -2.15. The first-order valence-corrected chi connectivity index (χ1v) is 9.97. The van der Waals surface area contributed by atoms with Crippen LogP contribution in [0.1, 0.15) is 43.0 Å². The van der Waals surface area contributed by atoms with Crippen LogP contribution in [0.2, 0.25) is 0 Å². The SMILES string of the molecule is Cc1cc(-c2ccccc2)c(C(=O)c2ccccc2)c(C(=O)c2ccccc2)c1C. The van der Waals surface area contributed by atoms with Crippen LogP contribution in [0.4, 0.5) is 0 Å². The highest BCUT2D eigenvalue weighted by atomic mass is 16.1. The van der Waals surface area contributed by atoms with Crippen molar-refractivity contribution < 1.29 is 9.59 Å². The van der Waals surface area contributed by atoms with E-state index in [0.29, 0.717) is 22.3 Å². The molecule has 0 aliphatic rings. The van der Waals surface area contributed by atoms with Crippen LogP contribution in [0.25, 0.3) is 11.1 Å². The summed E-state index contributed by atoms with van der Waals surface area (Å²) in [7, 11) is 0. The maximum absolute atomic E-state index is 13.7. The molecule has 0 saturated carbocycles. The standard InChI is InChI=1S/C28H22O2/c1-19-18-24(21-12-6-3-7-13-21)26(28(30)23-16-10-5-11-17-23)25(20(19)2)27(29)22-14-8-4-9-15-22/h3-18H,1-2H3. The van der Waals surface area contributed by atoms with E-state index in [-0.39, 0.29) is 11.6 Å². The van der Waals surface area contributed by atoms with Gasteiger partial charge in [0.2, 0.25) is 0 Å². The van der Waals surface area contributed by atoms with Gasteiger partial charge in [0, 0.05) is 22.3 Å². The Morgan fingerprint density at radius 3 is 1.50 bits per heavy atom. The van der Waals surface area contributed by atoms with Gasteiger partial charge in [0.15, 0.2) is 11.6 Å². The van der Waals surface area contributed by atoms with Crippen molar-refractivity contribution in [1.82, 2.24) is 0 Å². The summed E-state index contributed by atoms with van der Waals surface area (Å²) in [5, 5.41) is 0. The van der Waals surface area contributed by atoms with Gasteiger partial charge >= 0.3 is 0 Å². The number of aryl methyl sites for hydroxylation is 1. The van der Waals surface area contributed by atoms with Crippen LogP contribution in [-0.4, -0.2) is 11.6 Å². The van der Waals surface area contributed by atoms with Crippen LogP contribution >= 0.6 is 0 Å². The van der Waals surface area contributed by atoms with Gasteiger partial charge in [-0.05, 0) is 36.1 Å². The zero-order valence-corrected chi connectivity index (χ0v) is 17.1. The molecule has 0 bridgehead atoms. The second-order valence-corrected chi connectivity index (χ2v) is 7.37. The fourth-order valence-corrected chi connectivity index (χ4v) is 3.75. The van der Waals surface area contributed by atoms with E-state index in [2.05, 4.69) is 0 Å². The van der Waals surface area contributed by atoms with E-state index in [1.165, 1.54) is 0 Å². The Labute approximate surface area is 176 Å². The predicted octanol–water partition coefficient (Wildman–Crippen LogP) is 6.43. The minimum absolute atomic E-state index is 0.131. The number of benzene rings is 4. The van der Waals surface area contributed by atoms with E-state index in [1.54, 1.807) is 24.3 Å². The first kappa shape index (κ1) is 19.5.